The molecule has 0 aliphatic heterocycles. The van der Waals surface area contributed by atoms with Crippen molar-refractivity contribution in [3.63, 3.8) is 0 Å². The number of nitrogens with zero attached hydrogens (tertiary/aromatic N) is 1. The molecule has 3 heteroatoms. The Kier molecular flexibility index (Phi) is 7.12. The summed E-state index contributed by atoms with van der Waals surface area (Å²) in [4.78, 5) is 2.18. The maximum absolute atomic E-state index is 8.71. The third-order valence-corrected chi connectivity index (χ3v) is 2.65. The van der Waals surface area contributed by atoms with Crippen molar-refractivity contribution in [2.45, 2.75) is 18.6 Å². The van der Waals surface area contributed by atoms with Crippen LogP contribution in [-0.2, 0) is 0 Å². The van der Waals surface area contributed by atoms with Gasteiger partial charge in [-0.15, -0.1) is 0 Å². The SMILES string of the molecule is CC(CO)SCCCN(C)C. The highest BCUT2D eigenvalue weighted by Gasteiger charge is 1.99. The summed E-state index contributed by atoms with van der Waals surface area (Å²) in [5, 5.41) is 9.11. The quantitative estimate of drug-likeness (QED) is 0.614. The Hall–Kier alpha value is 0.270. The van der Waals surface area contributed by atoms with E-state index in [1.54, 1.807) is 0 Å². The smallest absolute Gasteiger partial charge is 0.0547 e. The first-order valence-electron chi connectivity index (χ1n) is 4.04. The molecular weight excluding hydrogens is 158 g/mol. The number of aliphatic hydroxyl groups excluding tert-OH is 1. The van der Waals surface area contributed by atoms with Gasteiger partial charge in [0.1, 0.15) is 0 Å². The van der Waals surface area contributed by atoms with Gasteiger partial charge < -0.3 is 10.0 Å². The van der Waals surface area contributed by atoms with Crippen LogP contribution in [0.25, 0.3) is 0 Å². The summed E-state index contributed by atoms with van der Waals surface area (Å²) in [6.07, 6.45) is 1.21. The lowest BCUT2D eigenvalue weighted by Crippen LogP contribution is -2.14. The normalized spacial score (nSPS) is 13.9. The summed E-state index contributed by atoms with van der Waals surface area (Å²) in [6, 6.07) is 0. The molecule has 0 saturated carbocycles. The van der Waals surface area contributed by atoms with Gasteiger partial charge >= 0.3 is 0 Å². The van der Waals surface area contributed by atoms with Crippen molar-refractivity contribution in [1.29, 1.82) is 0 Å². The maximum Gasteiger partial charge on any atom is 0.0547 e. The highest BCUT2D eigenvalue weighted by Crippen LogP contribution is 2.10. The van der Waals surface area contributed by atoms with Gasteiger partial charge in [0.15, 0.2) is 0 Å². The molecule has 0 radical (unpaired) electrons. The van der Waals surface area contributed by atoms with Crippen molar-refractivity contribution in [3.8, 4) is 0 Å². The lowest BCUT2D eigenvalue weighted by Gasteiger charge is -2.10. The molecule has 0 amide bonds. The van der Waals surface area contributed by atoms with Crippen molar-refractivity contribution in [2.75, 3.05) is 33.0 Å². The predicted octanol–water partition coefficient (Wildman–Crippen LogP) is 1.05. The second kappa shape index (κ2) is 6.95. The largest absolute Gasteiger partial charge is 0.395 e. The fraction of sp³-hybridized carbons (Fsp3) is 1.00. The van der Waals surface area contributed by atoms with Crippen LogP contribution in [0, 0.1) is 0 Å². The van der Waals surface area contributed by atoms with E-state index in [0.29, 0.717) is 11.9 Å². The zero-order valence-electron chi connectivity index (χ0n) is 7.71. The van der Waals surface area contributed by atoms with E-state index in [0.717, 1.165) is 12.3 Å². The summed E-state index contributed by atoms with van der Waals surface area (Å²) in [7, 11) is 4.17. The van der Waals surface area contributed by atoms with Crippen LogP contribution in [0.2, 0.25) is 0 Å². The Bertz CT molecular complexity index is 88.2. The monoisotopic (exact) mass is 177 g/mol. The molecule has 0 bridgehead atoms. The van der Waals surface area contributed by atoms with E-state index in [2.05, 4.69) is 25.9 Å². The van der Waals surface area contributed by atoms with Crippen molar-refractivity contribution in [2.24, 2.45) is 0 Å². The molecule has 0 aliphatic rings. The van der Waals surface area contributed by atoms with E-state index in [1.807, 2.05) is 11.8 Å². The van der Waals surface area contributed by atoms with Crippen LogP contribution in [0.15, 0.2) is 0 Å². The summed E-state index contributed by atoms with van der Waals surface area (Å²) in [5.74, 6) is 1.15. The summed E-state index contributed by atoms with van der Waals surface area (Å²) in [6.45, 7) is 3.50. The minimum Gasteiger partial charge on any atom is -0.395 e. The van der Waals surface area contributed by atoms with Gasteiger partial charge in [-0.1, -0.05) is 6.92 Å². The van der Waals surface area contributed by atoms with E-state index >= 15 is 0 Å². The molecular formula is C8H19NOS. The summed E-state index contributed by atoms with van der Waals surface area (Å²) >= 11 is 1.84. The Balaban J connectivity index is 3.01. The van der Waals surface area contributed by atoms with E-state index in [4.69, 9.17) is 5.11 Å². The average Bonchev–Trinajstić information content (AvgIpc) is 1.97. The predicted molar refractivity (Wildman–Crippen MR) is 52.2 cm³/mol. The van der Waals surface area contributed by atoms with Crippen molar-refractivity contribution >= 4 is 11.8 Å². The molecule has 0 rings (SSSR count). The highest BCUT2D eigenvalue weighted by atomic mass is 32.2. The molecule has 0 saturated heterocycles. The van der Waals surface area contributed by atoms with Gasteiger partial charge in [0.25, 0.3) is 0 Å². The van der Waals surface area contributed by atoms with Crippen LogP contribution in [0.5, 0.6) is 0 Å². The Morgan fingerprint density at radius 1 is 1.45 bits per heavy atom. The van der Waals surface area contributed by atoms with Gasteiger partial charge in [-0.25, -0.2) is 0 Å². The Morgan fingerprint density at radius 2 is 2.09 bits per heavy atom. The third-order valence-electron chi connectivity index (χ3n) is 1.41. The number of aliphatic hydroxyl groups is 1. The number of hydrogen-bond acceptors (Lipinski definition) is 3. The van der Waals surface area contributed by atoms with Gasteiger partial charge in [-0.3, -0.25) is 0 Å². The Morgan fingerprint density at radius 3 is 2.55 bits per heavy atom. The van der Waals surface area contributed by atoms with E-state index in [9.17, 15) is 0 Å². The molecule has 1 atom stereocenters. The average molecular weight is 177 g/mol. The lowest BCUT2D eigenvalue weighted by atomic mass is 10.5. The molecule has 0 aromatic heterocycles. The molecule has 11 heavy (non-hydrogen) atoms. The molecule has 0 fully saturated rings. The summed E-state index contributed by atoms with van der Waals surface area (Å²) in [5.41, 5.74) is 0. The van der Waals surface area contributed by atoms with Crippen LogP contribution in [0.3, 0.4) is 0 Å². The molecule has 2 nitrogen and oxygen atoms in total. The zero-order valence-corrected chi connectivity index (χ0v) is 8.52. The van der Waals surface area contributed by atoms with Gasteiger partial charge in [0.05, 0.1) is 6.61 Å². The first-order chi connectivity index (χ1) is 5.16. The number of rotatable bonds is 6. The highest BCUT2D eigenvalue weighted by molar-refractivity contribution is 7.99. The lowest BCUT2D eigenvalue weighted by molar-refractivity contribution is 0.300. The molecule has 0 spiro atoms. The first-order valence-corrected chi connectivity index (χ1v) is 5.09. The minimum absolute atomic E-state index is 0.298. The van der Waals surface area contributed by atoms with E-state index in [1.165, 1.54) is 6.42 Å². The number of thioether (sulfide) groups is 1. The fourth-order valence-corrected chi connectivity index (χ4v) is 1.52. The molecule has 0 aromatic carbocycles. The third kappa shape index (κ3) is 8.17. The van der Waals surface area contributed by atoms with Gasteiger partial charge in [0, 0.05) is 5.25 Å². The molecule has 0 aliphatic carbocycles. The van der Waals surface area contributed by atoms with Gasteiger partial charge in [0.2, 0.25) is 0 Å². The van der Waals surface area contributed by atoms with Crippen LogP contribution >= 0.6 is 11.8 Å². The zero-order chi connectivity index (χ0) is 8.69. The standard InChI is InChI=1S/C8H19NOS/c1-8(7-10)11-6-4-5-9(2)3/h8,10H,4-7H2,1-3H3. The van der Waals surface area contributed by atoms with Gasteiger partial charge in [-0.05, 0) is 32.8 Å². The van der Waals surface area contributed by atoms with Crippen LogP contribution in [0.4, 0.5) is 0 Å². The van der Waals surface area contributed by atoms with Crippen molar-refractivity contribution in [1.82, 2.24) is 4.90 Å². The Labute approximate surface area is 74.0 Å². The van der Waals surface area contributed by atoms with Crippen LogP contribution in [0.1, 0.15) is 13.3 Å². The van der Waals surface area contributed by atoms with Crippen LogP contribution in [-0.4, -0.2) is 48.3 Å². The molecule has 0 aromatic rings. The van der Waals surface area contributed by atoms with Crippen molar-refractivity contribution < 1.29 is 5.11 Å². The molecule has 68 valence electrons. The van der Waals surface area contributed by atoms with E-state index < -0.39 is 0 Å². The molecule has 1 N–H and O–H groups in total. The second-order valence-corrected chi connectivity index (χ2v) is 4.57. The van der Waals surface area contributed by atoms with Gasteiger partial charge in [-0.2, -0.15) is 11.8 Å². The first kappa shape index (κ1) is 11.3. The summed E-state index contributed by atoms with van der Waals surface area (Å²) < 4.78 is 0. The minimum atomic E-state index is 0.298. The molecule has 0 heterocycles. The van der Waals surface area contributed by atoms with Crippen LogP contribution < -0.4 is 0 Å². The topological polar surface area (TPSA) is 23.5 Å². The number of hydrogen-bond donors (Lipinski definition) is 1. The fourth-order valence-electron chi connectivity index (χ4n) is 0.718. The second-order valence-electron chi connectivity index (χ2n) is 3.02. The van der Waals surface area contributed by atoms with E-state index in [-0.39, 0.29) is 0 Å². The molecule has 1 unspecified atom stereocenters. The van der Waals surface area contributed by atoms with Crippen molar-refractivity contribution in [3.05, 3.63) is 0 Å². The maximum atomic E-state index is 8.71.